The Bertz CT molecular complexity index is 89.0. The summed E-state index contributed by atoms with van der Waals surface area (Å²) < 4.78 is 0. The van der Waals surface area contributed by atoms with Gasteiger partial charge in [0, 0.05) is 4.83 Å². The molecule has 0 saturated carbocycles. The predicted octanol–water partition coefficient (Wildman–Crippen LogP) is 4.77. The van der Waals surface area contributed by atoms with Crippen LogP contribution in [0.5, 0.6) is 0 Å². The van der Waals surface area contributed by atoms with E-state index in [9.17, 15) is 0 Å². The van der Waals surface area contributed by atoms with Gasteiger partial charge in [0.05, 0.1) is 0 Å². The van der Waals surface area contributed by atoms with Crippen molar-refractivity contribution in [1.29, 1.82) is 0 Å². The number of hydrogen-bond donors (Lipinski definition) is 0. The fourth-order valence-electron chi connectivity index (χ4n) is 1.38. The first-order valence-corrected chi connectivity index (χ1v) is 6.22. The third kappa shape index (κ3) is 8.58. The Balaban J connectivity index is 3.08. The van der Waals surface area contributed by atoms with Gasteiger partial charge >= 0.3 is 0 Å². The highest BCUT2D eigenvalue weighted by atomic mass is 79.9. The average molecular weight is 235 g/mol. The molecule has 12 heavy (non-hydrogen) atoms. The average Bonchev–Trinajstić information content (AvgIpc) is 1.98. The number of hydrogen-bond acceptors (Lipinski definition) is 0. The van der Waals surface area contributed by atoms with Gasteiger partial charge in [0.25, 0.3) is 0 Å². The first kappa shape index (κ1) is 12.5. The fraction of sp³-hybridized carbons (Fsp3) is 1.00. The molecule has 0 spiro atoms. The van der Waals surface area contributed by atoms with Gasteiger partial charge < -0.3 is 0 Å². The molecule has 0 aliphatic heterocycles. The molecule has 1 heteroatoms. The maximum atomic E-state index is 3.71. The van der Waals surface area contributed by atoms with Gasteiger partial charge in [0.1, 0.15) is 0 Å². The maximum Gasteiger partial charge on any atom is 0.0145 e. The zero-order chi connectivity index (χ0) is 9.40. The van der Waals surface area contributed by atoms with Gasteiger partial charge in [-0.1, -0.05) is 62.4 Å². The Hall–Kier alpha value is 0.480. The third-order valence-electron chi connectivity index (χ3n) is 2.15. The molecule has 0 aliphatic carbocycles. The van der Waals surface area contributed by atoms with Crippen molar-refractivity contribution in [3.05, 3.63) is 0 Å². The van der Waals surface area contributed by atoms with Gasteiger partial charge in [0.15, 0.2) is 0 Å². The highest BCUT2D eigenvalue weighted by molar-refractivity contribution is 9.09. The first-order valence-electron chi connectivity index (χ1n) is 5.30. The van der Waals surface area contributed by atoms with Crippen molar-refractivity contribution in [3.8, 4) is 0 Å². The van der Waals surface area contributed by atoms with Crippen molar-refractivity contribution < 1.29 is 0 Å². The summed E-state index contributed by atoms with van der Waals surface area (Å²) in [5.41, 5.74) is 0. The van der Waals surface area contributed by atoms with Gasteiger partial charge in [-0.15, -0.1) is 0 Å². The number of rotatable bonds is 7. The Morgan fingerprint density at radius 1 is 1.00 bits per heavy atom. The summed E-state index contributed by atoms with van der Waals surface area (Å²) in [5, 5.41) is 0. The Morgan fingerprint density at radius 2 is 1.58 bits per heavy atom. The molecule has 0 aromatic heterocycles. The van der Waals surface area contributed by atoms with Crippen LogP contribution in [-0.2, 0) is 0 Å². The second kappa shape index (κ2) is 8.10. The molecule has 1 atom stereocenters. The van der Waals surface area contributed by atoms with Gasteiger partial charge in [-0.05, 0) is 18.8 Å². The summed E-state index contributed by atoms with van der Waals surface area (Å²) in [6, 6.07) is 0. The molecule has 0 radical (unpaired) electrons. The van der Waals surface area contributed by atoms with Crippen molar-refractivity contribution in [2.24, 2.45) is 5.92 Å². The molecule has 0 saturated heterocycles. The topological polar surface area (TPSA) is 0 Å². The zero-order valence-electron chi connectivity index (χ0n) is 8.78. The summed E-state index contributed by atoms with van der Waals surface area (Å²) in [5.74, 6) is 0.880. The Labute approximate surface area is 86.3 Å². The van der Waals surface area contributed by atoms with E-state index in [2.05, 4.69) is 36.7 Å². The van der Waals surface area contributed by atoms with Crippen LogP contribution in [0.4, 0.5) is 0 Å². The Kier molecular flexibility index (Phi) is 8.42. The lowest BCUT2D eigenvalue weighted by Crippen LogP contribution is -1.97. The molecular weight excluding hydrogens is 212 g/mol. The number of alkyl halides is 1. The van der Waals surface area contributed by atoms with E-state index in [4.69, 9.17) is 0 Å². The third-order valence-corrected chi connectivity index (χ3v) is 3.07. The molecule has 74 valence electrons. The van der Waals surface area contributed by atoms with Crippen LogP contribution in [0.2, 0.25) is 0 Å². The highest BCUT2D eigenvalue weighted by Gasteiger charge is 2.02. The van der Waals surface area contributed by atoms with Crippen molar-refractivity contribution in [1.82, 2.24) is 0 Å². The molecule has 1 unspecified atom stereocenters. The first-order chi connectivity index (χ1) is 5.66. The number of halogens is 1. The molecule has 0 fully saturated rings. The van der Waals surface area contributed by atoms with E-state index < -0.39 is 0 Å². The van der Waals surface area contributed by atoms with Crippen LogP contribution >= 0.6 is 15.9 Å². The minimum atomic E-state index is 0.773. The lowest BCUT2D eigenvalue weighted by molar-refractivity contribution is 0.519. The van der Waals surface area contributed by atoms with Gasteiger partial charge in [0.2, 0.25) is 0 Å². The minimum absolute atomic E-state index is 0.773. The fourth-order valence-corrected chi connectivity index (χ4v) is 2.16. The molecule has 0 bridgehead atoms. The van der Waals surface area contributed by atoms with E-state index in [1.54, 1.807) is 0 Å². The molecule has 0 nitrogen and oxygen atoms in total. The van der Waals surface area contributed by atoms with Crippen molar-refractivity contribution >= 4 is 15.9 Å². The summed E-state index contributed by atoms with van der Waals surface area (Å²) in [6.07, 6.45) is 8.20. The monoisotopic (exact) mass is 234 g/mol. The smallest absolute Gasteiger partial charge is 0.0145 e. The molecule has 0 aromatic rings. The molecule has 0 aromatic carbocycles. The lowest BCUT2D eigenvalue weighted by Gasteiger charge is -2.08. The summed E-state index contributed by atoms with van der Waals surface area (Å²) in [4.78, 5) is 0.773. The van der Waals surface area contributed by atoms with Crippen LogP contribution in [0.3, 0.4) is 0 Å². The van der Waals surface area contributed by atoms with Crippen molar-refractivity contribution in [2.75, 3.05) is 0 Å². The molecule has 0 amide bonds. The van der Waals surface area contributed by atoms with Crippen LogP contribution < -0.4 is 0 Å². The normalized spacial score (nSPS) is 13.8. The van der Waals surface area contributed by atoms with Gasteiger partial charge in [-0.3, -0.25) is 0 Å². The van der Waals surface area contributed by atoms with Crippen molar-refractivity contribution in [2.45, 2.75) is 64.1 Å². The summed E-state index contributed by atoms with van der Waals surface area (Å²) >= 11 is 3.71. The lowest BCUT2D eigenvalue weighted by atomic mass is 10.0. The van der Waals surface area contributed by atoms with Crippen LogP contribution in [0.25, 0.3) is 0 Å². The largest absolute Gasteiger partial charge is 0.0891 e. The Morgan fingerprint density at radius 3 is 2.08 bits per heavy atom. The molecule has 0 rings (SSSR count). The van der Waals surface area contributed by atoms with Crippen LogP contribution in [-0.4, -0.2) is 4.83 Å². The second-order valence-electron chi connectivity index (χ2n) is 4.06. The minimum Gasteiger partial charge on any atom is -0.0891 e. The van der Waals surface area contributed by atoms with E-state index in [-0.39, 0.29) is 0 Å². The summed E-state index contributed by atoms with van der Waals surface area (Å²) in [6.45, 7) is 6.86. The molecule has 0 aliphatic rings. The summed E-state index contributed by atoms with van der Waals surface area (Å²) in [7, 11) is 0. The molecular formula is C11H23Br. The quantitative estimate of drug-likeness (QED) is 0.440. The van der Waals surface area contributed by atoms with Crippen LogP contribution in [0, 0.1) is 5.92 Å². The molecule has 0 heterocycles. The van der Waals surface area contributed by atoms with E-state index >= 15 is 0 Å². The van der Waals surface area contributed by atoms with E-state index in [1.165, 1.54) is 38.5 Å². The van der Waals surface area contributed by atoms with E-state index in [0.717, 1.165) is 10.7 Å². The van der Waals surface area contributed by atoms with Gasteiger partial charge in [-0.2, -0.15) is 0 Å². The van der Waals surface area contributed by atoms with Gasteiger partial charge in [-0.25, -0.2) is 0 Å². The zero-order valence-corrected chi connectivity index (χ0v) is 10.4. The number of unbranched alkanes of at least 4 members (excludes halogenated alkanes) is 1. The van der Waals surface area contributed by atoms with E-state index in [0.29, 0.717) is 0 Å². The standard InChI is InChI=1S/C11H23Br/c1-4-7-11(12)9-6-5-8-10(2)3/h10-11H,4-9H2,1-3H3. The SMILES string of the molecule is CCCC(Br)CCCCC(C)C. The van der Waals surface area contributed by atoms with E-state index in [1.807, 2.05) is 0 Å². The highest BCUT2D eigenvalue weighted by Crippen LogP contribution is 2.17. The predicted molar refractivity (Wildman–Crippen MR) is 60.9 cm³/mol. The van der Waals surface area contributed by atoms with Crippen LogP contribution in [0.1, 0.15) is 59.3 Å². The van der Waals surface area contributed by atoms with Crippen LogP contribution in [0.15, 0.2) is 0 Å². The van der Waals surface area contributed by atoms with Crippen molar-refractivity contribution in [3.63, 3.8) is 0 Å². The molecule has 0 N–H and O–H groups in total. The maximum absolute atomic E-state index is 3.71. The second-order valence-corrected chi connectivity index (χ2v) is 5.36.